The van der Waals surface area contributed by atoms with Crippen LogP contribution in [0.25, 0.3) is 6.08 Å². The fourth-order valence-electron chi connectivity index (χ4n) is 3.63. The summed E-state index contributed by atoms with van der Waals surface area (Å²) < 4.78 is 34.3. The number of rotatable bonds is 5. The molecule has 1 aromatic rings. The predicted octanol–water partition coefficient (Wildman–Crippen LogP) is 2.23. The molecule has 0 aromatic heterocycles. The molecule has 1 aromatic carbocycles. The molecule has 1 saturated heterocycles. The van der Waals surface area contributed by atoms with Gasteiger partial charge in [0.15, 0.2) is 11.5 Å². The maximum Gasteiger partial charge on any atom is 0.168 e. The number of hydrogen-bond donors (Lipinski definition) is 0. The molecule has 0 spiro atoms. The number of likely N-dealkylation sites (tertiary alicyclic amines) is 1. The largest absolute Gasteiger partial charge is 0.493 e. The van der Waals surface area contributed by atoms with E-state index < -0.39 is 9.84 Å². The van der Waals surface area contributed by atoms with Crippen molar-refractivity contribution in [2.24, 2.45) is 5.92 Å². The highest BCUT2D eigenvalue weighted by molar-refractivity contribution is 7.90. The zero-order chi connectivity index (χ0) is 17.2. The molecule has 2 aliphatic rings. The van der Waals surface area contributed by atoms with Gasteiger partial charge in [0.25, 0.3) is 0 Å². The Bertz CT molecular complexity index is 727. The van der Waals surface area contributed by atoms with Gasteiger partial charge in [0.1, 0.15) is 16.4 Å². The quantitative estimate of drug-likeness (QED) is 0.814. The minimum atomic E-state index is -2.91. The second kappa shape index (κ2) is 7.15. The number of ether oxygens (including phenoxy) is 2. The molecule has 0 unspecified atom stereocenters. The van der Waals surface area contributed by atoms with Crippen LogP contribution in [0.2, 0.25) is 0 Å². The van der Waals surface area contributed by atoms with Crippen molar-refractivity contribution < 1.29 is 17.9 Å². The van der Waals surface area contributed by atoms with Gasteiger partial charge in [0.2, 0.25) is 0 Å². The molecule has 3 rings (SSSR count). The fourth-order valence-corrected chi connectivity index (χ4v) is 4.75. The van der Waals surface area contributed by atoms with E-state index in [1.165, 1.54) is 11.8 Å². The van der Waals surface area contributed by atoms with Gasteiger partial charge in [0.05, 0.1) is 12.9 Å². The van der Waals surface area contributed by atoms with Crippen LogP contribution in [0.15, 0.2) is 23.8 Å². The third kappa shape index (κ3) is 4.30. The first-order valence-corrected chi connectivity index (χ1v) is 10.4. The summed E-state index contributed by atoms with van der Waals surface area (Å²) in [5, 5.41) is 0. The van der Waals surface area contributed by atoms with Gasteiger partial charge in [-0.05, 0) is 43.0 Å². The van der Waals surface area contributed by atoms with Crippen molar-refractivity contribution in [3.05, 3.63) is 29.3 Å². The van der Waals surface area contributed by atoms with E-state index in [9.17, 15) is 8.42 Å². The van der Waals surface area contributed by atoms with E-state index in [1.54, 1.807) is 7.11 Å². The van der Waals surface area contributed by atoms with Crippen LogP contribution in [0, 0.1) is 5.92 Å². The van der Waals surface area contributed by atoms with Gasteiger partial charge in [-0.3, -0.25) is 4.90 Å². The van der Waals surface area contributed by atoms with Crippen LogP contribution in [0.3, 0.4) is 0 Å². The van der Waals surface area contributed by atoms with Crippen molar-refractivity contribution in [2.45, 2.75) is 12.8 Å². The molecule has 0 N–H and O–H groups in total. The first-order chi connectivity index (χ1) is 11.4. The molecule has 2 aliphatic heterocycles. The molecule has 6 heteroatoms. The van der Waals surface area contributed by atoms with Crippen molar-refractivity contribution in [3.8, 4) is 11.5 Å². The SMILES string of the molecule is COc1cccc2c1OCC(CN1CCC[C@@H](CS(C)(=O)=O)C1)=C2. The van der Waals surface area contributed by atoms with Crippen LogP contribution in [0.4, 0.5) is 0 Å². The number of sulfone groups is 1. The summed E-state index contributed by atoms with van der Waals surface area (Å²) in [6, 6.07) is 5.89. The highest BCUT2D eigenvalue weighted by atomic mass is 32.2. The van der Waals surface area contributed by atoms with E-state index in [-0.39, 0.29) is 5.92 Å². The Hall–Kier alpha value is -1.53. The lowest BCUT2D eigenvalue weighted by atomic mass is 9.99. The average Bonchev–Trinajstić information content (AvgIpc) is 2.52. The number of nitrogens with zero attached hydrogens (tertiary/aromatic N) is 1. The number of piperidine rings is 1. The Morgan fingerprint density at radius 2 is 2.21 bits per heavy atom. The van der Waals surface area contributed by atoms with E-state index in [2.05, 4.69) is 11.0 Å². The van der Waals surface area contributed by atoms with Gasteiger partial charge in [-0.25, -0.2) is 8.42 Å². The molecular formula is C18H25NO4S. The molecule has 0 bridgehead atoms. The molecule has 5 nitrogen and oxygen atoms in total. The molecule has 1 fully saturated rings. The Balaban J connectivity index is 1.67. The summed E-state index contributed by atoms with van der Waals surface area (Å²) in [7, 11) is -1.26. The third-order valence-electron chi connectivity index (χ3n) is 4.56. The van der Waals surface area contributed by atoms with Crippen LogP contribution >= 0.6 is 0 Å². The van der Waals surface area contributed by atoms with Crippen molar-refractivity contribution in [3.63, 3.8) is 0 Å². The molecule has 0 saturated carbocycles. The van der Waals surface area contributed by atoms with Crippen molar-refractivity contribution in [2.75, 3.05) is 45.4 Å². The van der Waals surface area contributed by atoms with Crippen LogP contribution in [-0.4, -0.2) is 58.7 Å². The minimum absolute atomic E-state index is 0.242. The molecule has 2 heterocycles. The van der Waals surface area contributed by atoms with E-state index in [0.29, 0.717) is 12.4 Å². The maximum absolute atomic E-state index is 11.5. The molecule has 132 valence electrons. The maximum atomic E-state index is 11.5. The Morgan fingerprint density at radius 1 is 1.38 bits per heavy atom. The standard InChI is InChI=1S/C18H25NO4S/c1-22-17-7-3-6-16-9-15(12-23-18(16)17)11-19-8-4-5-14(10-19)13-24(2,20)21/h3,6-7,9,14H,4-5,8,10-13H2,1-2H3/t14-/m1/s1. The number of benzene rings is 1. The molecule has 0 radical (unpaired) electrons. The van der Waals surface area contributed by atoms with Crippen molar-refractivity contribution >= 4 is 15.9 Å². The van der Waals surface area contributed by atoms with Crippen LogP contribution in [0.1, 0.15) is 18.4 Å². The number of para-hydroxylation sites is 1. The van der Waals surface area contributed by atoms with Gasteiger partial charge in [0, 0.05) is 24.9 Å². The zero-order valence-corrected chi connectivity index (χ0v) is 15.1. The summed E-state index contributed by atoms with van der Waals surface area (Å²) in [5.74, 6) is 2.09. The topological polar surface area (TPSA) is 55.8 Å². The van der Waals surface area contributed by atoms with E-state index in [0.717, 1.165) is 49.5 Å². The second-order valence-electron chi connectivity index (χ2n) is 6.81. The molecule has 1 atom stereocenters. The van der Waals surface area contributed by atoms with Gasteiger partial charge < -0.3 is 9.47 Å². The Labute approximate surface area is 144 Å². The number of fused-ring (bicyclic) bond motifs is 1. The smallest absolute Gasteiger partial charge is 0.168 e. The molecule has 0 amide bonds. The summed E-state index contributed by atoms with van der Waals surface area (Å²) in [6.07, 6.45) is 5.55. The van der Waals surface area contributed by atoms with Crippen molar-refractivity contribution in [1.29, 1.82) is 0 Å². The lowest BCUT2D eigenvalue weighted by molar-refractivity contribution is 0.192. The van der Waals surface area contributed by atoms with Gasteiger partial charge in [-0.1, -0.05) is 12.1 Å². The molecule has 24 heavy (non-hydrogen) atoms. The van der Waals surface area contributed by atoms with E-state index in [1.807, 2.05) is 18.2 Å². The normalized spacial score (nSPS) is 21.6. The van der Waals surface area contributed by atoms with Crippen LogP contribution in [-0.2, 0) is 9.84 Å². The Morgan fingerprint density at radius 3 is 2.96 bits per heavy atom. The fraction of sp³-hybridized carbons (Fsp3) is 0.556. The number of methoxy groups -OCH3 is 1. The van der Waals surface area contributed by atoms with Gasteiger partial charge in [-0.15, -0.1) is 0 Å². The summed E-state index contributed by atoms with van der Waals surface area (Å²) in [6.45, 7) is 3.25. The van der Waals surface area contributed by atoms with E-state index in [4.69, 9.17) is 9.47 Å². The van der Waals surface area contributed by atoms with Gasteiger partial charge >= 0.3 is 0 Å². The summed E-state index contributed by atoms with van der Waals surface area (Å²) in [4.78, 5) is 2.35. The Kier molecular flexibility index (Phi) is 5.15. The monoisotopic (exact) mass is 351 g/mol. The molecule has 0 aliphatic carbocycles. The van der Waals surface area contributed by atoms with E-state index >= 15 is 0 Å². The lowest BCUT2D eigenvalue weighted by Gasteiger charge is -2.33. The number of hydrogen-bond acceptors (Lipinski definition) is 5. The van der Waals surface area contributed by atoms with Crippen molar-refractivity contribution in [1.82, 2.24) is 4.90 Å². The minimum Gasteiger partial charge on any atom is -0.493 e. The average molecular weight is 351 g/mol. The van der Waals surface area contributed by atoms with Crippen LogP contribution in [0.5, 0.6) is 11.5 Å². The van der Waals surface area contributed by atoms with Crippen LogP contribution < -0.4 is 9.47 Å². The first-order valence-electron chi connectivity index (χ1n) is 8.34. The zero-order valence-electron chi connectivity index (χ0n) is 14.3. The lowest BCUT2D eigenvalue weighted by Crippen LogP contribution is -2.39. The predicted molar refractivity (Wildman–Crippen MR) is 95.3 cm³/mol. The summed E-state index contributed by atoms with van der Waals surface area (Å²) in [5.41, 5.74) is 2.26. The highest BCUT2D eigenvalue weighted by Gasteiger charge is 2.24. The van der Waals surface area contributed by atoms with Gasteiger partial charge in [-0.2, -0.15) is 0 Å². The third-order valence-corrected chi connectivity index (χ3v) is 5.64. The summed E-state index contributed by atoms with van der Waals surface area (Å²) >= 11 is 0. The highest BCUT2D eigenvalue weighted by Crippen LogP contribution is 2.35. The first kappa shape index (κ1) is 17.3. The molecular weight excluding hydrogens is 326 g/mol. The second-order valence-corrected chi connectivity index (χ2v) is 8.99.